The number of ether oxygens (including phenoxy) is 1. The number of carbonyl (C=O) groups excluding carboxylic acids is 1. The predicted molar refractivity (Wildman–Crippen MR) is 151 cm³/mol. The number of alkyl halides is 1. The van der Waals surface area contributed by atoms with Gasteiger partial charge in [-0.25, -0.2) is 18.2 Å². The second kappa shape index (κ2) is 12.0. The van der Waals surface area contributed by atoms with Crippen LogP contribution in [0.4, 0.5) is 13.2 Å². The molecule has 3 aromatic rings. The minimum atomic E-state index is -1.07. The van der Waals surface area contributed by atoms with Crippen molar-refractivity contribution in [2.45, 2.75) is 58.4 Å². The molecule has 214 valence electrons. The van der Waals surface area contributed by atoms with E-state index in [-0.39, 0.29) is 30.5 Å². The number of carbonyl (C=O) groups is 1. The maximum Gasteiger partial charge on any atom is 0.252 e. The third-order valence-electron chi connectivity index (χ3n) is 7.66. The molecule has 0 radical (unpaired) electrons. The fourth-order valence-corrected chi connectivity index (χ4v) is 6.84. The predicted octanol–water partition coefficient (Wildman–Crippen LogP) is 6.33. The van der Waals surface area contributed by atoms with E-state index >= 15 is 0 Å². The van der Waals surface area contributed by atoms with Crippen LogP contribution in [0.2, 0.25) is 0 Å². The van der Waals surface area contributed by atoms with Gasteiger partial charge in [-0.05, 0) is 42.0 Å². The van der Waals surface area contributed by atoms with Crippen LogP contribution >= 0.6 is 11.3 Å². The van der Waals surface area contributed by atoms with E-state index in [4.69, 9.17) is 9.72 Å². The van der Waals surface area contributed by atoms with Crippen LogP contribution < -0.4 is 5.32 Å². The highest BCUT2D eigenvalue weighted by molar-refractivity contribution is 7.15. The molecule has 2 aromatic carbocycles. The van der Waals surface area contributed by atoms with Gasteiger partial charge < -0.3 is 15.0 Å². The molecule has 9 heteroatoms. The smallest absolute Gasteiger partial charge is 0.252 e. The van der Waals surface area contributed by atoms with Gasteiger partial charge in [0.25, 0.3) is 5.91 Å². The summed E-state index contributed by atoms with van der Waals surface area (Å²) in [4.78, 5) is 21.6. The molecular formula is C31H36F3N3O2S. The highest BCUT2D eigenvalue weighted by Gasteiger charge is 2.43. The van der Waals surface area contributed by atoms with Crippen molar-refractivity contribution in [1.82, 2.24) is 15.2 Å². The van der Waals surface area contributed by atoms with Crippen LogP contribution in [0, 0.1) is 23.0 Å². The van der Waals surface area contributed by atoms with E-state index in [1.807, 2.05) is 51.1 Å². The van der Waals surface area contributed by atoms with Crippen molar-refractivity contribution < 1.29 is 22.7 Å². The van der Waals surface area contributed by atoms with Gasteiger partial charge in [-0.3, -0.25) is 4.79 Å². The summed E-state index contributed by atoms with van der Waals surface area (Å²) in [6.07, 6.45) is 0.253. The molecule has 5 nitrogen and oxygen atoms in total. The number of aromatic nitrogens is 1. The fourth-order valence-electron chi connectivity index (χ4n) is 5.70. The van der Waals surface area contributed by atoms with Crippen molar-refractivity contribution in [2.75, 3.05) is 26.2 Å². The van der Waals surface area contributed by atoms with Crippen molar-refractivity contribution >= 4 is 17.2 Å². The molecule has 0 aliphatic carbocycles. The maximum atomic E-state index is 14.9. The first kappa shape index (κ1) is 28.8. The Bertz CT molecular complexity index is 1320. The minimum absolute atomic E-state index is 0.0824. The van der Waals surface area contributed by atoms with E-state index in [0.717, 1.165) is 35.1 Å². The number of amides is 1. The van der Waals surface area contributed by atoms with Crippen LogP contribution in [-0.2, 0) is 16.0 Å². The van der Waals surface area contributed by atoms with Gasteiger partial charge in [-0.2, -0.15) is 0 Å². The number of hydrogen-bond donors (Lipinski definition) is 1. The first-order chi connectivity index (χ1) is 19.1. The summed E-state index contributed by atoms with van der Waals surface area (Å²) in [5, 5.41) is 3.45. The summed E-state index contributed by atoms with van der Waals surface area (Å²) in [5.74, 6) is -1.66. The lowest BCUT2D eigenvalue weighted by atomic mass is 9.81. The van der Waals surface area contributed by atoms with Gasteiger partial charge >= 0.3 is 0 Å². The SMILES string of the molecule is CC(C)(C)[C@H](c1nc(-c2cc(F)ccc2F)sc1Cc1ccccc1)N(CC1CNC[C@@H]1F)C(=O)C1CCCO1. The third kappa shape index (κ3) is 6.26. The zero-order valence-electron chi connectivity index (χ0n) is 23.1. The van der Waals surface area contributed by atoms with Crippen LogP contribution in [0.25, 0.3) is 10.6 Å². The van der Waals surface area contributed by atoms with E-state index in [9.17, 15) is 18.0 Å². The number of nitrogens with zero attached hydrogens (tertiary/aromatic N) is 2. The lowest BCUT2D eigenvalue weighted by Crippen LogP contribution is -2.49. The maximum absolute atomic E-state index is 14.9. The van der Waals surface area contributed by atoms with Gasteiger partial charge in [0.05, 0.1) is 11.7 Å². The number of thiazole rings is 1. The van der Waals surface area contributed by atoms with Gasteiger partial charge in [0.1, 0.15) is 28.9 Å². The molecule has 1 N–H and O–H groups in total. The average molecular weight is 572 g/mol. The van der Waals surface area contributed by atoms with Gasteiger partial charge in [0, 0.05) is 49.0 Å². The van der Waals surface area contributed by atoms with E-state index in [0.29, 0.717) is 36.7 Å². The summed E-state index contributed by atoms with van der Waals surface area (Å²) >= 11 is 1.31. The molecule has 1 amide bonds. The normalized spacial score (nSPS) is 22.0. The number of benzene rings is 2. The molecule has 1 aromatic heterocycles. The number of hydrogen-bond acceptors (Lipinski definition) is 5. The minimum Gasteiger partial charge on any atom is -0.368 e. The number of halogens is 3. The molecule has 3 heterocycles. The fraction of sp³-hybridized carbons (Fsp3) is 0.484. The molecule has 40 heavy (non-hydrogen) atoms. The standard InChI is InChI=1S/C31H36F3N3O2S/c1-31(2,3)28(37(18-20-16-35-17-24(20)34)30(38)25-10-7-13-39-25)27-26(14-19-8-5-4-6-9-19)40-29(36-27)22-15-21(32)11-12-23(22)33/h4-6,8-9,11-12,15,20,24-25,28,35H,7,10,13-14,16-18H2,1-3H3/t20?,24-,25?,28-/m0/s1. The molecule has 5 rings (SSSR count). The zero-order valence-corrected chi connectivity index (χ0v) is 23.9. The number of nitrogens with one attached hydrogen (secondary N) is 1. The van der Waals surface area contributed by atoms with E-state index in [1.165, 1.54) is 11.3 Å². The van der Waals surface area contributed by atoms with E-state index in [2.05, 4.69) is 5.32 Å². The summed E-state index contributed by atoms with van der Waals surface area (Å²) in [6.45, 7) is 7.54. The largest absolute Gasteiger partial charge is 0.368 e. The first-order valence-corrected chi connectivity index (χ1v) is 14.7. The lowest BCUT2D eigenvalue weighted by Gasteiger charge is -2.42. The summed E-state index contributed by atoms with van der Waals surface area (Å²) in [7, 11) is 0. The van der Waals surface area contributed by atoms with Crippen molar-refractivity contribution in [2.24, 2.45) is 11.3 Å². The first-order valence-electron chi connectivity index (χ1n) is 13.9. The monoisotopic (exact) mass is 571 g/mol. The summed E-state index contributed by atoms with van der Waals surface area (Å²) in [5.41, 5.74) is 1.24. The van der Waals surface area contributed by atoms with Crippen molar-refractivity contribution in [3.63, 3.8) is 0 Å². The van der Waals surface area contributed by atoms with Gasteiger partial charge in [0.15, 0.2) is 0 Å². The molecule has 2 aliphatic rings. The Labute approximate surface area is 237 Å². The summed E-state index contributed by atoms with van der Waals surface area (Å²) in [6, 6.07) is 12.6. The zero-order chi connectivity index (χ0) is 28.4. The quantitative estimate of drug-likeness (QED) is 0.343. The molecule has 4 atom stereocenters. The molecule has 2 saturated heterocycles. The molecular weight excluding hydrogens is 535 g/mol. The molecule has 2 unspecified atom stereocenters. The summed E-state index contributed by atoms with van der Waals surface area (Å²) < 4.78 is 49.8. The van der Waals surface area contributed by atoms with E-state index in [1.54, 1.807) is 4.90 Å². The van der Waals surface area contributed by atoms with Crippen LogP contribution in [0.1, 0.15) is 55.8 Å². The van der Waals surface area contributed by atoms with Crippen molar-refractivity contribution in [3.8, 4) is 10.6 Å². The Balaban J connectivity index is 1.64. The second-order valence-corrected chi connectivity index (χ2v) is 12.9. The van der Waals surface area contributed by atoms with Crippen molar-refractivity contribution in [3.05, 3.63) is 76.3 Å². The molecule has 0 spiro atoms. The molecule has 0 saturated carbocycles. The van der Waals surface area contributed by atoms with Gasteiger partial charge in [0.2, 0.25) is 0 Å². The molecule has 2 aliphatic heterocycles. The highest BCUT2D eigenvalue weighted by atomic mass is 32.1. The van der Waals surface area contributed by atoms with Crippen LogP contribution in [0.5, 0.6) is 0 Å². The Hall–Kier alpha value is -2.75. The Morgan fingerprint density at radius 1 is 1.18 bits per heavy atom. The highest BCUT2D eigenvalue weighted by Crippen LogP contribution is 2.44. The van der Waals surface area contributed by atoms with Crippen LogP contribution in [-0.4, -0.2) is 54.3 Å². The van der Waals surface area contributed by atoms with Gasteiger partial charge in [-0.1, -0.05) is 51.1 Å². The number of rotatable bonds is 8. The third-order valence-corrected chi connectivity index (χ3v) is 8.77. The molecule has 0 bridgehead atoms. The average Bonchev–Trinajstić information content (AvgIpc) is 3.67. The topological polar surface area (TPSA) is 54.5 Å². The Morgan fingerprint density at radius 3 is 2.60 bits per heavy atom. The second-order valence-electron chi connectivity index (χ2n) is 11.8. The van der Waals surface area contributed by atoms with Crippen LogP contribution in [0.15, 0.2) is 48.5 Å². The van der Waals surface area contributed by atoms with E-state index < -0.39 is 35.4 Å². The lowest BCUT2D eigenvalue weighted by molar-refractivity contribution is -0.147. The Kier molecular flexibility index (Phi) is 8.63. The van der Waals surface area contributed by atoms with Gasteiger partial charge in [-0.15, -0.1) is 11.3 Å². The van der Waals surface area contributed by atoms with Crippen molar-refractivity contribution in [1.29, 1.82) is 0 Å². The van der Waals surface area contributed by atoms with Crippen LogP contribution in [0.3, 0.4) is 0 Å². The molecule has 2 fully saturated rings. The Morgan fingerprint density at radius 2 is 1.95 bits per heavy atom.